The summed E-state index contributed by atoms with van der Waals surface area (Å²) in [6.45, 7) is 2.59. The molecule has 1 heterocycles. The molecule has 0 saturated carbocycles. The maximum absolute atomic E-state index is 9.50. The lowest BCUT2D eigenvalue weighted by molar-refractivity contribution is -0.143. The summed E-state index contributed by atoms with van der Waals surface area (Å²) in [5.74, 6) is 0. The normalized spacial score (nSPS) is 42.2. The molecule has 78 valence electrons. The third kappa shape index (κ3) is 2.00. The van der Waals surface area contributed by atoms with Crippen LogP contribution in [-0.4, -0.2) is 69.4 Å². The molecule has 0 aliphatic carbocycles. The van der Waals surface area contributed by atoms with Crippen molar-refractivity contribution < 1.29 is 20.4 Å². The Morgan fingerprint density at radius 3 is 2.31 bits per heavy atom. The minimum Gasteiger partial charge on any atom is -0.395 e. The molecule has 0 unspecified atom stereocenters. The highest BCUT2D eigenvalue weighted by Gasteiger charge is 2.40. The maximum atomic E-state index is 9.50. The Hall–Kier alpha value is -0.200. The fourth-order valence-electron chi connectivity index (χ4n) is 1.74. The summed E-state index contributed by atoms with van der Waals surface area (Å²) in [4.78, 5) is 1.75. The minimum absolute atomic E-state index is 0.210. The second-order valence-electron chi connectivity index (χ2n) is 3.39. The Kier molecular flexibility index (Phi) is 3.63. The maximum Gasteiger partial charge on any atom is 0.109 e. The molecule has 1 rings (SSSR count). The molecular formula is C8H17NO4. The first kappa shape index (κ1) is 10.9. The molecule has 0 aromatic rings. The van der Waals surface area contributed by atoms with E-state index in [1.54, 1.807) is 4.90 Å². The van der Waals surface area contributed by atoms with E-state index in [1.165, 1.54) is 0 Å². The molecule has 0 bridgehead atoms. The highest BCUT2D eigenvalue weighted by molar-refractivity contribution is 4.93. The van der Waals surface area contributed by atoms with Gasteiger partial charge >= 0.3 is 0 Å². The second kappa shape index (κ2) is 4.34. The number of β-amino-alcohol motifs (C(OH)–C–C–N with tert-alkyl or cyclic N) is 1. The number of likely N-dealkylation sites (N-methyl/N-ethyl adjacent to an activating group) is 1. The van der Waals surface area contributed by atoms with Gasteiger partial charge < -0.3 is 20.4 Å². The van der Waals surface area contributed by atoms with Crippen LogP contribution < -0.4 is 0 Å². The highest BCUT2D eigenvalue weighted by Crippen LogP contribution is 2.18. The lowest BCUT2D eigenvalue weighted by Crippen LogP contribution is -2.62. The Balaban J connectivity index is 2.69. The van der Waals surface area contributed by atoms with Gasteiger partial charge in [-0.3, -0.25) is 4.90 Å². The molecule has 13 heavy (non-hydrogen) atoms. The molecule has 5 heteroatoms. The topological polar surface area (TPSA) is 84.2 Å². The first-order valence-corrected chi connectivity index (χ1v) is 4.51. The van der Waals surface area contributed by atoms with Crippen molar-refractivity contribution >= 4 is 0 Å². The monoisotopic (exact) mass is 191 g/mol. The molecule has 1 fully saturated rings. The minimum atomic E-state index is -1.15. The van der Waals surface area contributed by atoms with E-state index in [-0.39, 0.29) is 6.61 Å². The van der Waals surface area contributed by atoms with Gasteiger partial charge in [-0.15, -0.1) is 0 Å². The fraction of sp³-hybridized carbons (Fsp3) is 1.00. The summed E-state index contributed by atoms with van der Waals surface area (Å²) in [6, 6.07) is -0.469. The van der Waals surface area contributed by atoms with Crippen molar-refractivity contribution in [1.82, 2.24) is 4.90 Å². The number of aliphatic hydroxyl groups excluding tert-OH is 4. The zero-order chi connectivity index (χ0) is 10.0. The van der Waals surface area contributed by atoms with E-state index in [2.05, 4.69) is 0 Å². The van der Waals surface area contributed by atoms with Crippen LogP contribution in [0, 0.1) is 0 Å². The van der Waals surface area contributed by atoms with Gasteiger partial charge in [0, 0.05) is 6.54 Å². The Morgan fingerprint density at radius 1 is 1.23 bits per heavy atom. The molecule has 0 radical (unpaired) electrons. The summed E-state index contributed by atoms with van der Waals surface area (Å²) < 4.78 is 0. The van der Waals surface area contributed by atoms with E-state index in [4.69, 9.17) is 5.11 Å². The van der Waals surface area contributed by atoms with Crippen LogP contribution in [0.4, 0.5) is 0 Å². The summed E-state index contributed by atoms with van der Waals surface area (Å²) >= 11 is 0. The lowest BCUT2D eigenvalue weighted by atomic mass is 9.94. The van der Waals surface area contributed by atoms with Crippen LogP contribution in [0.1, 0.15) is 6.92 Å². The number of hydrogen-bond acceptors (Lipinski definition) is 5. The summed E-state index contributed by atoms with van der Waals surface area (Å²) in [5, 5.41) is 37.1. The van der Waals surface area contributed by atoms with Crippen molar-refractivity contribution in [3.8, 4) is 0 Å². The average Bonchev–Trinajstić information content (AvgIpc) is 2.13. The molecule has 0 spiro atoms. The van der Waals surface area contributed by atoms with Crippen LogP contribution in [0.3, 0.4) is 0 Å². The second-order valence-corrected chi connectivity index (χ2v) is 3.39. The molecule has 1 aliphatic rings. The summed E-state index contributed by atoms with van der Waals surface area (Å²) in [7, 11) is 0. The van der Waals surface area contributed by atoms with Crippen molar-refractivity contribution in [3.05, 3.63) is 0 Å². The van der Waals surface area contributed by atoms with Crippen molar-refractivity contribution in [2.75, 3.05) is 19.7 Å². The zero-order valence-electron chi connectivity index (χ0n) is 7.67. The van der Waals surface area contributed by atoms with Gasteiger partial charge in [-0.2, -0.15) is 0 Å². The van der Waals surface area contributed by atoms with E-state index < -0.39 is 24.4 Å². The predicted octanol–water partition coefficient (Wildman–Crippen LogP) is -2.23. The van der Waals surface area contributed by atoms with Gasteiger partial charge in [0.2, 0.25) is 0 Å². The van der Waals surface area contributed by atoms with E-state index >= 15 is 0 Å². The lowest BCUT2D eigenvalue weighted by Gasteiger charge is -2.42. The van der Waals surface area contributed by atoms with E-state index in [9.17, 15) is 15.3 Å². The number of likely N-dealkylation sites (tertiary alicyclic amines) is 1. The van der Waals surface area contributed by atoms with Gasteiger partial charge in [0.25, 0.3) is 0 Å². The highest BCUT2D eigenvalue weighted by atomic mass is 16.4. The van der Waals surface area contributed by atoms with Gasteiger partial charge in [-0.1, -0.05) is 6.92 Å². The van der Waals surface area contributed by atoms with Crippen LogP contribution in [0.2, 0.25) is 0 Å². The molecule has 4 atom stereocenters. The van der Waals surface area contributed by atoms with Crippen LogP contribution in [0.5, 0.6) is 0 Å². The number of nitrogens with zero attached hydrogens (tertiary/aromatic N) is 1. The number of aliphatic hydroxyl groups is 4. The van der Waals surface area contributed by atoms with Crippen LogP contribution >= 0.6 is 0 Å². The third-order valence-corrected chi connectivity index (χ3v) is 2.62. The largest absolute Gasteiger partial charge is 0.395 e. The van der Waals surface area contributed by atoms with Crippen molar-refractivity contribution in [2.45, 2.75) is 31.3 Å². The first-order valence-electron chi connectivity index (χ1n) is 4.51. The van der Waals surface area contributed by atoms with Crippen molar-refractivity contribution in [2.24, 2.45) is 0 Å². The van der Waals surface area contributed by atoms with Crippen molar-refractivity contribution in [3.63, 3.8) is 0 Å². The smallest absolute Gasteiger partial charge is 0.109 e. The quantitative estimate of drug-likeness (QED) is 0.397. The Morgan fingerprint density at radius 2 is 1.85 bits per heavy atom. The zero-order valence-corrected chi connectivity index (χ0v) is 7.67. The molecule has 4 N–H and O–H groups in total. The molecule has 5 nitrogen and oxygen atoms in total. The van der Waals surface area contributed by atoms with Gasteiger partial charge in [-0.05, 0) is 6.54 Å². The number of hydrogen-bond donors (Lipinski definition) is 4. The van der Waals surface area contributed by atoms with Gasteiger partial charge in [-0.25, -0.2) is 0 Å². The third-order valence-electron chi connectivity index (χ3n) is 2.62. The SMILES string of the molecule is CCN1C[C@@H](O)[C@H](O)[C@@H](O)[C@@H]1CO. The summed E-state index contributed by atoms with van der Waals surface area (Å²) in [5.41, 5.74) is 0. The fourth-order valence-corrected chi connectivity index (χ4v) is 1.74. The molecular weight excluding hydrogens is 174 g/mol. The molecule has 1 saturated heterocycles. The van der Waals surface area contributed by atoms with Crippen LogP contribution in [-0.2, 0) is 0 Å². The van der Waals surface area contributed by atoms with Crippen LogP contribution in [0.15, 0.2) is 0 Å². The van der Waals surface area contributed by atoms with Crippen LogP contribution in [0.25, 0.3) is 0 Å². The molecule has 0 amide bonds. The van der Waals surface area contributed by atoms with Crippen molar-refractivity contribution in [1.29, 1.82) is 0 Å². The Labute approximate surface area is 77.2 Å². The van der Waals surface area contributed by atoms with Gasteiger partial charge in [0.1, 0.15) is 12.2 Å². The molecule has 0 aromatic heterocycles. The number of piperidine rings is 1. The van der Waals surface area contributed by atoms with E-state index in [0.717, 1.165) is 0 Å². The average molecular weight is 191 g/mol. The van der Waals surface area contributed by atoms with E-state index in [1.807, 2.05) is 6.92 Å². The molecule has 0 aromatic carbocycles. The Bertz CT molecular complexity index is 164. The van der Waals surface area contributed by atoms with Gasteiger partial charge in [0.05, 0.1) is 18.8 Å². The summed E-state index contributed by atoms with van der Waals surface area (Å²) in [6.07, 6.45) is -3.16. The predicted molar refractivity (Wildman–Crippen MR) is 46.1 cm³/mol. The number of rotatable bonds is 2. The first-order chi connectivity index (χ1) is 6.11. The standard InChI is InChI=1S/C8H17NO4/c1-2-9-3-6(11)8(13)7(12)5(9)4-10/h5-8,10-13H,2-4H2,1H3/t5-,6+,7-,8-/m0/s1. The van der Waals surface area contributed by atoms with E-state index in [0.29, 0.717) is 13.1 Å². The van der Waals surface area contributed by atoms with Gasteiger partial charge in [0.15, 0.2) is 0 Å². The molecule has 1 aliphatic heterocycles.